The molecule has 7 nitrogen and oxygen atoms in total. The zero-order chi connectivity index (χ0) is 23.4. The number of benzene rings is 3. The first-order valence-corrected chi connectivity index (χ1v) is 10.2. The lowest BCUT2D eigenvalue weighted by Gasteiger charge is -2.26. The topological polar surface area (TPSA) is 99.5 Å². The normalized spacial score (nSPS) is 14.7. The predicted octanol–water partition coefficient (Wildman–Crippen LogP) is 4.11. The molecule has 1 heterocycles. The van der Waals surface area contributed by atoms with Gasteiger partial charge in [-0.1, -0.05) is 54.1 Å². The van der Waals surface area contributed by atoms with Crippen molar-refractivity contribution < 1.29 is 19.1 Å². The second-order valence-electron chi connectivity index (χ2n) is 7.39. The van der Waals surface area contributed by atoms with Crippen LogP contribution in [-0.2, 0) is 16.2 Å². The van der Waals surface area contributed by atoms with Crippen molar-refractivity contribution >= 4 is 29.6 Å². The Morgan fingerprint density at radius 1 is 0.970 bits per heavy atom. The second kappa shape index (κ2) is 9.20. The maximum atomic E-state index is 13.1. The van der Waals surface area contributed by atoms with Crippen LogP contribution in [0.2, 0.25) is 0 Å². The van der Waals surface area contributed by atoms with Crippen LogP contribution < -0.4 is 15.0 Å². The Morgan fingerprint density at radius 2 is 1.67 bits per heavy atom. The summed E-state index contributed by atoms with van der Waals surface area (Å²) in [6, 6.07) is 22.2. The number of barbiturate groups is 1. The fourth-order valence-electron chi connectivity index (χ4n) is 3.38. The second-order valence-corrected chi connectivity index (χ2v) is 7.39. The minimum atomic E-state index is -0.802. The maximum absolute atomic E-state index is 13.1. The van der Waals surface area contributed by atoms with Gasteiger partial charge in [0.15, 0.2) is 0 Å². The molecule has 4 rings (SSSR count). The average molecular weight is 437 g/mol. The molecule has 3 aromatic rings. The van der Waals surface area contributed by atoms with Crippen molar-refractivity contribution in [3.63, 3.8) is 0 Å². The van der Waals surface area contributed by atoms with E-state index in [2.05, 4.69) is 11.4 Å². The summed E-state index contributed by atoms with van der Waals surface area (Å²) >= 11 is 0. The minimum Gasteiger partial charge on any atom is -0.488 e. The number of ether oxygens (including phenoxy) is 1. The van der Waals surface area contributed by atoms with Gasteiger partial charge in [-0.15, -0.1) is 0 Å². The summed E-state index contributed by atoms with van der Waals surface area (Å²) in [6.45, 7) is 2.03. The molecule has 1 aliphatic heterocycles. The highest BCUT2D eigenvalue weighted by Crippen LogP contribution is 2.26. The van der Waals surface area contributed by atoms with Crippen LogP contribution in [-0.4, -0.2) is 17.8 Å². The molecule has 0 aliphatic carbocycles. The van der Waals surface area contributed by atoms with Gasteiger partial charge in [0.05, 0.1) is 17.3 Å². The van der Waals surface area contributed by atoms with E-state index in [1.807, 2.05) is 13.0 Å². The number of anilines is 1. The molecule has 0 unspecified atom stereocenters. The third-order valence-electron chi connectivity index (χ3n) is 5.13. The van der Waals surface area contributed by atoms with E-state index in [1.165, 1.54) is 6.08 Å². The molecular formula is C26H19N3O4. The third kappa shape index (κ3) is 4.50. The standard InChI is InChI=1S/C26H19N3O4/c1-17-10-12-21(13-11-17)29-25(31)22(24(30)28-26(29)32)14-18-6-4-5-9-23(18)33-16-20-8-3-2-7-19(20)15-27/h2-14H,16H2,1H3,(H,28,30,32)/b22-14+. The number of imide groups is 2. The molecule has 3 aromatic carbocycles. The van der Waals surface area contributed by atoms with Crippen LogP contribution in [0.4, 0.5) is 10.5 Å². The lowest BCUT2D eigenvalue weighted by Crippen LogP contribution is -2.54. The fraction of sp³-hybridized carbons (Fsp3) is 0.0769. The van der Waals surface area contributed by atoms with Gasteiger partial charge in [-0.3, -0.25) is 14.9 Å². The third-order valence-corrected chi connectivity index (χ3v) is 5.13. The number of rotatable bonds is 5. The highest BCUT2D eigenvalue weighted by atomic mass is 16.5. The molecule has 0 bridgehead atoms. The van der Waals surface area contributed by atoms with Gasteiger partial charge in [0.25, 0.3) is 11.8 Å². The van der Waals surface area contributed by atoms with E-state index >= 15 is 0 Å². The molecule has 7 heteroatoms. The van der Waals surface area contributed by atoms with Gasteiger partial charge < -0.3 is 4.74 Å². The van der Waals surface area contributed by atoms with E-state index < -0.39 is 17.8 Å². The molecule has 4 amide bonds. The molecule has 0 radical (unpaired) electrons. The molecule has 1 aliphatic rings. The maximum Gasteiger partial charge on any atom is 0.335 e. The summed E-state index contributed by atoms with van der Waals surface area (Å²) in [5, 5.41) is 11.5. The van der Waals surface area contributed by atoms with Crippen LogP contribution >= 0.6 is 0 Å². The van der Waals surface area contributed by atoms with Crippen molar-refractivity contribution in [3.8, 4) is 11.8 Å². The van der Waals surface area contributed by atoms with Crippen molar-refractivity contribution in [1.82, 2.24) is 5.32 Å². The predicted molar refractivity (Wildman–Crippen MR) is 122 cm³/mol. The van der Waals surface area contributed by atoms with Crippen LogP contribution in [0, 0.1) is 18.3 Å². The molecular weight excluding hydrogens is 418 g/mol. The zero-order valence-corrected chi connectivity index (χ0v) is 17.7. The van der Waals surface area contributed by atoms with Crippen molar-refractivity contribution in [3.05, 3.63) is 101 Å². The van der Waals surface area contributed by atoms with E-state index in [0.717, 1.165) is 10.5 Å². The van der Waals surface area contributed by atoms with Crippen molar-refractivity contribution in [2.24, 2.45) is 0 Å². The summed E-state index contributed by atoms with van der Waals surface area (Å²) in [4.78, 5) is 38.9. The Balaban J connectivity index is 1.64. The fourth-order valence-corrected chi connectivity index (χ4v) is 3.38. The number of nitriles is 1. The smallest absolute Gasteiger partial charge is 0.335 e. The van der Waals surface area contributed by atoms with Crippen LogP contribution in [0.25, 0.3) is 6.08 Å². The molecule has 33 heavy (non-hydrogen) atoms. The molecule has 1 N–H and O–H groups in total. The number of para-hydroxylation sites is 1. The monoisotopic (exact) mass is 437 g/mol. The number of nitrogens with zero attached hydrogens (tertiary/aromatic N) is 2. The quantitative estimate of drug-likeness (QED) is 0.478. The van der Waals surface area contributed by atoms with Crippen LogP contribution in [0.15, 0.2) is 78.4 Å². The highest BCUT2D eigenvalue weighted by Gasteiger charge is 2.36. The molecule has 0 saturated carbocycles. The average Bonchev–Trinajstić information content (AvgIpc) is 2.82. The summed E-state index contributed by atoms with van der Waals surface area (Å²) in [6.07, 6.45) is 1.40. The first-order valence-electron chi connectivity index (χ1n) is 10.2. The Kier molecular flexibility index (Phi) is 6.00. The van der Waals surface area contributed by atoms with Crippen molar-refractivity contribution in [2.75, 3.05) is 4.90 Å². The molecule has 162 valence electrons. The number of carbonyl (C=O) groups excluding carboxylic acids is 3. The first kappa shape index (κ1) is 21.5. The van der Waals surface area contributed by atoms with Gasteiger partial charge in [0.2, 0.25) is 0 Å². The van der Waals surface area contributed by atoms with Gasteiger partial charge in [0.1, 0.15) is 17.9 Å². The van der Waals surface area contributed by atoms with Crippen LogP contribution in [0.1, 0.15) is 22.3 Å². The van der Waals surface area contributed by atoms with Crippen LogP contribution in [0.5, 0.6) is 5.75 Å². The van der Waals surface area contributed by atoms with Gasteiger partial charge >= 0.3 is 6.03 Å². The first-order chi connectivity index (χ1) is 16.0. The van der Waals surface area contributed by atoms with Crippen LogP contribution in [0.3, 0.4) is 0 Å². The molecule has 1 saturated heterocycles. The minimum absolute atomic E-state index is 0.137. The van der Waals surface area contributed by atoms with E-state index in [4.69, 9.17) is 4.74 Å². The van der Waals surface area contributed by atoms with Gasteiger partial charge in [-0.25, -0.2) is 9.69 Å². The lowest BCUT2D eigenvalue weighted by molar-refractivity contribution is -0.122. The Labute approximate surface area is 190 Å². The summed E-state index contributed by atoms with van der Waals surface area (Å²) in [5.74, 6) is -1.08. The number of nitrogens with one attached hydrogen (secondary N) is 1. The van der Waals surface area contributed by atoms with Gasteiger partial charge in [-0.2, -0.15) is 5.26 Å². The Hall–Kier alpha value is -4.70. The number of amides is 4. The number of urea groups is 1. The largest absolute Gasteiger partial charge is 0.488 e. The summed E-state index contributed by atoms with van der Waals surface area (Å²) in [5.41, 5.74) is 2.85. The van der Waals surface area contributed by atoms with E-state index in [9.17, 15) is 19.6 Å². The molecule has 0 atom stereocenters. The van der Waals surface area contributed by atoms with E-state index in [0.29, 0.717) is 28.1 Å². The lowest BCUT2D eigenvalue weighted by atomic mass is 10.1. The van der Waals surface area contributed by atoms with Gasteiger partial charge in [0, 0.05) is 11.1 Å². The molecule has 0 spiro atoms. The number of carbonyl (C=O) groups is 3. The highest BCUT2D eigenvalue weighted by molar-refractivity contribution is 6.39. The number of aryl methyl sites for hydroxylation is 1. The summed E-state index contributed by atoms with van der Waals surface area (Å²) < 4.78 is 5.90. The van der Waals surface area contributed by atoms with Crippen molar-refractivity contribution in [2.45, 2.75) is 13.5 Å². The van der Waals surface area contributed by atoms with Crippen molar-refractivity contribution in [1.29, 1.82) is 5.26 Å². The number of hydrogen-bond donors (Lipinski definition) is 1. The molecule has 1 fully saturated rings. The van der Waals surface area contributed by atoms with E-state index in [1.54, 1.807) is 66.7 Å². The van der Waals surface area contributed by atoms with E-state index in [-0.39, 0.29) is 12.2 Å². The Bertz CT molecular complexity index is 1320. The SMILES string of the molecule is Cc1ccc(N2C(=O)NC(=O)/C(=C\c3ccccc3OCc3ccccc3C#N)C2=O)cc1. The number of hydrogen-bond acceptors (Lipinski definition) is 5. The zero-order valence-electron chi connectivity index (χ0n) is 17.7. The Morgan fingerprint density at radius 3 is 2.42 bits per heavy atom. The summed E-state index contributed by atoms with van der Waals surface area (Å²) in [7, 11) is 0. The van der Waals surface area contributed by atoms with Gasteiger partial charge in [-0.05, 0) is 37.3 Å². The molecule has 0 aromatic heterocycles.